The van der Waals surface area contributed by atoms with Crippen molar-refractivity contribution in [3.63, 3.8) is 0 Å². The van der Waals surface area contributed by atoms with Crippen LogP contribution in [-0.2, 0) is 11.2 Å². The summed E-state index contributed by atoms with van der Waals surface area (Å²) in [6.07, 6.45) is 7.18. The van der Waals surface area contributed by atoms with Crippen molar-refractivity contribution in [3.8, 4) is 11.6 Å². The fraction of sp³-hybridized carbons (Fsp3) is 0.421. The Morgan fingerprint density at radius 1 is 1.18 bits per heavy atom. The second-order valence-corrected chi connectivity index (χ2v) is 6.23. The molecule has 2 aromatic heterocycles. The van der Waals surface area contributed by atoms with Crippen molar-refractivity contribution in [2.45, 2.75) is 32.1 Å². The Kier molecular flexibility index (Phi) is 8.61. The molecule has 2 rings (SSSR count). The molecule has 2 aromatic rings. The molecule has 0 atom stereocenters. The van der Waals surface area contributed by atoms with Gasteiger partial charge in [0.25, 0.3) is 0 Å². The number of esters is 1. The van der Waals surface area contributed by atoms with Crippen LogP contribution in [0.4, 0.5) is 0 Å². The summed E-state index contributed by atoms with van der Waals surface area (Å²) in [5.74, 6) is 0.566. The quantitative estimate of drug-likeness (QED) is 0.263. The summed E-state index contributed by atoms with van der Waals surface area (Å²) in [5, 5.41) is 7.55. The second-order valence-electron chi connectivity index (χ2n) is 5.89. The van der Waals surface area contributed by atoms with Crippen molar-refractivity contribution in [1.82, 2.24) is 15.0 Å². The minimum absolute atomic E-state index is 0.0744. The molecule has 0 saturated heterocycles. The van der Waals surface area contributed by atoms with Crippen molar-refractivity contribution in [3.05, 3.63) is 40.6 Å². The van der Waals surface area contributed by atoms with Gasteiger partial charge in [0.15, 0.2) is 0 Å². The van der Waals surface area contributed by atoms with Gasteiger partial charge >= 0.3 is 5.97 Å². The van der Waals surface area contributed by atoms with Gasteiger partial charge < -0.3 is 19.6 Å². The zero-order valence-corrected chi connectivity index (χ0v) is 16.7. The number of aromatic nitrogens is 3. The van der Waals surface area contributed by atoms with Gasteiger partial charge in [-0.25, -0.2) is 14.8 Å². The molecule has 2 heterocycles. The molecule has 28 heavy (non-hydrogen) atoms. The summed E-state index contributed by atoms with van der Waals surface area (Å²) in [6, 6.07) is 3.27. The third kappa shape index (κ3) is 6.16. The average Bonchev–Trinajstić information content (AvgIpc) is 2.73. The Bertz CT molecular complexity index is 799. The van der Waals surface area contributed by atoms with Gasteiger partial charge in [-0.1, -0.05) is 12.8 Å². The van der Waals surface area contributed by atoms with Crippen LogP contribution in [0.3, 0.4) is 0 Å². The Morgan fingerprint density at radius 3 is 2.61 bits per heavy atom. The lowest BCUT2D eigenvalue weighted by molar-refractivity contribution is 0.0594. The van der Waals surface area contributed by atoms with E-state index in [1.165, 1.54) is 26.6 Å². The topological polar surface area (TPSA) is 107 Å². The van der Waals surface area contributed by atoms with Crippen LogP contribution in [0, 0.1) is 5.41 Å². The largest absolute Gasteiger partial charge is 0.492 e. The Morgan fingerprint density at radius 2 is 1.96 bits per heavy atom. The predicted molar refractivity (Wildman–Crippen MR) is 105 cm³/mol. The molecule has 0 radical (unpaired) electrons. The normalized spacial score (nSPS) is 10.4. The van der Waals surface area contributed by atoms with Gasteiger partial charge in [0.2, 0.25) is 11.2 Å². The molecule has 150 valence electrons. The highest BCUT2D eigenvalue weighted by Gasteiger charge is 2.12. The van der Waals surface area contributed by atoms with Crippen LogP contribution < -0.4 is 9.47 Å². The maximum Gasteiger partial charge on any atom is 0.356 e. The SMILES string of the molecule is COC(=O)c1ccc(OCCCCCCc2c(C=N)nc(Cl)nc2OC)cn1. The zero-order chi connectivity index (χ0) is 20.4. The first-order chi connectivity index (χ1) is 13.6. The molecule has 0 fully saturated rings. The van der Waals surface area contributed by atoms with Gasteiger partial charge in [0, 0.05) is 11.8 Å². The molecule has 0 amide bonds. The summed E-state index contributed by atoms with van der Waals surface area (Å²) in [4.78, 5) is 23.4. The zero-order valence-electron chi connectivity index (χ0n) is 15.9. The Balaban J connectivity index is 1.70. The average molecular weight is 407 g/mol. The summed E-state index contributed by atoms with van der Waals surface area (Å²) in [6.45, 7) is 0.568. The Labute approximate surface area is 168 Å². The van der Waals surface area contributed by atoms with Crippen LogP contribution >= 0.6 is 11.6 Å². The first-order valence-corrected chi connectivity index (χ1v) is 9.25. The van der Waals surface area contributed by atoms with Crippen LogP contribution in [0.25, 0.3) is 0 Å². The molecule has 1 N–H and O–H groups in total. The minimum Gasteiger partial charge on any atom is -0.492 e. The lowest BCUT2D eigenvalue weighted by Gasteiger charge is -2.10. The van der Waals surface area contributed by atoms with Crippen LogP contribution in [0.15, 0.2) is 18.3 Å². The number of halogens is 1. The second kappa shape index (κ2) is 11.2. The highest BCUT2D eigenvalue weighted by Crippen LogP contribution is 2.22. The molecule has 0 saturated carbocycles. The van der Waals surface area contributed by atoms with Gasteiger partial charge in [0.05, 0.1) is 32.7 Å². The van der Waals surface area contributed by atoms with E-state index in [-0.39, 0.29) is 11.0 Å². The predicted octanol–water partition coefficient (Wildman–Crippen LogP) is 3.50. The summed E-state index contributed by atoms with van der Waals surface area (Å²) < 4.78 is 15.5. The van der Waals surface area contributed by atoms with E-state index in [4.69, 9.17) is 26.5 Å². The van der Waals surface area contributed by atoms with Crippen molar-refractivity contribution in [2.75, 3.05) is 20.8 Å². The van der Waals surface area contributed by atoms with Gasteiger partial charge in [-0.2, -0.15) is 4.98 Å². The van der Waals surface area contributed by atoms with Crippen molar-refractivity contribution in [2.24, 2.45) is 0 Å². The number of hydrogen-bond acceptors (Lipinski definition) is 8. The molecule has 0 aliphatic heterocycles. The van der Waals surface area contributed by atoms with Crippen LogP contribution in [0.2, 0.25) is 5.28 Å². The summed E-state index contributed by atoms with van der Waals surface area (Å²) in [5.41, 5.74) is 1.54. The monoisotopic (exact) mass is 406 g/mol. The van der Waals surface area contributed by atoms with E-state index in [9.17, 15) is 4.79 Å². The van der Waals surface area contributed by atoms with Crippen molar-refractivity contribution >= 4 is 23.8 Å². The molecule has 0 aromatic carbocycles. The summed E-state index contributed by atoms with van der Waals surface area (Å²) >= 11 is 5.83. The fourth-order valence-electron chi connectivity index (χ4n) is 2.61. The number of hydrogen-bond donors (Lipinski definition) is 1. The van der Waals surface area contributed by atoms with Crippen molar-refractivity contribution in [1.29, 1.82) is 5.41 Å². The molecule has 0 aliphatic rings. The number of ether oxygens (including phenoxy) is 3. The van der Waals surface area contributed by atoms with E-state index in [1.807, 2.05) is 0 Å². The number of nitrogens with zero attached hydrogens (tertiary/aromatic N) is 3. The van der Waals surface area contributed by atoms with Crippen LogP contribution in [0.1, 0.15) is 47.4 Å². The number of pyridine rings is 1. The fourth-order valence-corrected chi connectivity index (χ4v) is 2.78. The minimum atomic E-state index is -0.472. The maximum atomic E-state index is 11.3. The van der Waals surface area contributed by atoms with Crippen LogP contribution in [-0.4, -0.2) is 48.0 Å². The molecule has 9 heteroatoms. The summed E-state index contributed by atoms with van der Waals surface area (Å²) in [7, 11) is 2.84. The highest BCUT2D eigenvalue weighted by atomic mass is 35.5. The standard InChI is InChI=1S/C19H23ClN4O4/c1-26-17-14(16(11-21)23-19(20)24-17)7-5-3-4-6-10-28-13-8-9-15(22-12-13)18(25)27-2/h8-9,11-12,21H,3-7,10H2,1-2H3. The first-order valence-electron chi connectivity index (χ1n) is 8.87. The van der Waals surface area contributed by atoms with Gasteiger partial charge in [-0.05, 0) is 43.0 Å². The number of methoxy groups -OCH3 is 2. The van der Waals surface area contributed by atoms with E-state index in [0.717, 1.165) is 31.2 Å². The van der Waals surface area contributed by atoms with Gasteiger partial charge in [0.1, 0.15) is 11.4 Å². The Hall–Kier alpha value is -2.74. The third-order valence-corrected chi connectivity index (χ3v) is 4.19. The number of rotatable bonds is 11. The molecule has 8 nitrogen and oxygen atoms in total. The molecular formula is C19H23ClN4O4. The first kappa shape index (κ1) is 21.6. The highest BCUT2D eigenvalue weighted by molar-refractivity contribution is 6.28. The van der Waals surface area contributed by atoms with Gasteiger partial charge in [-0.3, -0.25) is 0 Å². The lowest BCUT2D eigenvalue weighted by atomic mass is 10.1. The van der Waals surface area contributed by atoms with E-state index in [2.05, 4.69) is 19.7 Å². The number of carbonyl (C=O) groups excluding carboxylic acids is 1. The number of nitrogens with one attached hydrogen (secondary N) is 1. The van der Waals surface area contributed by atoms with E-state index < -0.39 is 5.97 Å². The molecular weight excluding hydrogens is 384 g/mol. The lowest BCUT2D eigenvalue weighted by Crippen LogP contribution is -2.05. The number of unbranched alkanes of at least 4 members (excludes halogenated alkanes) is 3. The number of carbonyl (C=O) groups is 1. The van der Waals surface area contributed by atoms with E-state index >= 15 is 0 Å². The molecule has 0 spiro atoms. The molecule has 0 aliphatic carbocycles. The molecule has 0 unspecified atom stereocenters. The molecule has 0 bridgehead atoms. The van der Waals surface area contributed by atoms with E-state index in [0.29, 0.717) is 30.4 Å². The van der Waals surface area contributed by atoms with Gasteiger partial charge in [-0.15, -0.1) is 0 Å². The van der Waals surface area contributed by atoms with E-state index in [1.54, 1.807) is 12.1 Å². The third-order valence-electron chi connectivity index (χ3n) is 4.02. The van der Waals surface area contributed by atoms with Crippen LogP contribution in [0.5, 0.6) is 11.6 Å². The maximum absolute atomic E-state index is 11.3. The van der Waals surface area contributed by atoms with Crippen molar-refractivity contribution < 1.29 is 19.0 Å². The smallest absolute Gasteiger partial charge is 0.356 e.